The predicted molar refractivity (Wildman–Crippen MR) is 58.6 cm³/mol. The molecule has 0 radical (unpaired) electrons. The molecule has 2 rings (SSSR count). The zero-order chi connectivity index (χ0) is 11.5. The summed E-state index contributed by atoms with van der Waals surface area (Å²) in [7, 11) is 0. The van der Waals surface area contributed by atoms with Crippen LogP contribution in [0.3, 0.4) is 0 Å². The van der Waals surface area contributed by atoms with Gasteiger partial charge < -0.3 is 16.0 Å². The van der Waals surface area contributed by atoms with E-state index in [2.05, 4.69) is 25.3 Å². The van der Waals surface area contributed by atoms with Gasteiger partial charge in [0.15, 0.2) is 11.5 Å². The Morgan fingerprint density at radius 2 is 2.38 bits per heavy atom. The normalized spacial score (nSPS) is 12.6. The molecule has 0 aliphatic rings. The Hall–Kier alpha value is -2.18. The van der Waals surface area contributed by atoms with Crippen molar-refractivity contribution < 1.29 is 4.79 Å². The van der Waals surface area contributed by atoms with Crippen LogP contribution in [0.2, 0.25) is 0 Å². The van der Waals surface area contributed by atoms with Crippen LogP contribution in [-0.2, 0) is 4.79 Å². The average molecular weight is 220 g/mol. The summed E-state index contributed by atoms with van der Waals surface area (Å²) in [6.45, 7) is 1.86. The van der Waals surface area contributed by atoms with Gasteiger partial charge in [-0.3, -0.25) is 4.79 Å². The lowest BCUT2D eigenvalue weighted by atomic mass is 10.2. The van der Waals surface area contributed by atoms with E-state index >= 15 is 0 Å². The van der Waals surface area contributed by atoms with Crippen LogP contribution in [0.15, 0.2) is 12.7 Å². The SMILES string of the molecule is CC(CC(N)=O)Nc1ncnc2nc[nH]c12. The van der Waals surface area contributed by atoms with Crippen molar-refractivity contribution in [2.75, 3.05) is 5.32 Å². The molecule has 16 heavy (non-hydrogen) atoms. The molecule has 0 saturated carbocycles. The lowest BCUT2D eigenvalue weighted by Crippen LogP contribution is -2.24. The van der Waals surface area contributed by atoms with E-state index in [4.69, 9.17) is 5.73 Å². The second-order valence-electron chi connectivity index (χ2n) is 3.54. The van der Waals surface area contributed by atoms with E-state index in [1.807, 2.05) is 6.92 Å². The van der Waals surface area contributed by atoms with Crippen molar-refractivity contribution in [3.8, 4) is 0 Å². The van der Waals surface area contributed by atoms with E-state index in [0.29, 0.717) is 11.5 Å². The Balaban J connectivity index is 2.20. The molecule has 0 bridgehead atoms. The number of H-pyrrole nitrogens is 1. The van der Waals surface area contributed by atoms with Crippen LogP contribution in [-0.4, -0.2) is 31.9 Å². The van der Waals surface area contributed by atoms with Gasteiger partial charge in [0.25, 0.3) is 0 Å². The number of nitrogens with one attached hydrogen (secondary N) is 2. The number of fused-ring (bicyclic) bond motifs is 1. The van der Waals surface area contributed by atoms with Gasteiger partial charge in [-0.1, -0.05) is 0 Å². The minimum atomic E-state index is -0.352. The van der Waals surface area contributed by atoms with Crippen LogP contribution in [0.25, 0.3) is 11.2 Å². The number of aromatic nitrogens is 4. The Bertz CT molecular complexity index is 507. The molecule has 0 aliphatic carbocycles. The molecule has 0 fully saturated rings. The molecule has 2 aromatic rings. The van der Waals surface area contributed by atoms with E-state index in [-0.39, 0.29) is 18.4 Å². The van der Waals surface area contributed by atoms with Gasteiger partial charge in [0, 0.05) is 12.5 Å². The number of nitrogens with two attached hydrogens (primary N) is 1. The van der Waals surface area contributed by atoms with E-state index in [1.54, 1.807) is 6.33 Å². The second-order valence-corrected chi connectivity index (χ2v) is 3.54. The number of amides is 1. The monoisotopic (exact) mass is 220 g/mol. The summed E-state index contributed by atoms with van der Waals surface area (Å²) in [5.41, 5.74) is 6.42. The molecule has 0 saturated heterocycles. The molecule has 1 amide bonds. The third-order valence-electron chi connectivity index (χ3n) is 2.11. The fraction of sp³-hybridized carbons (Fsp3) is 0.333. The Kier molecular flexibility index (Phi) is 2.67. The first-order valence-electron chi connectivity index (χ1n) is 4.85. The third-order valence-corrected chi connectivity index (χ3v) is 2.11. The van der Waals surface area contributed by atoms with Crippen LogP contribution in [0, 0.1) is 0 Å². The molecule has 7 nitrogen and oxygen atoms in total. The largest absolute Gasteiger partial charge is 0.370 e. The highest BCUT2D eigenvalue weighted by molar-refractivity contribution is 5.82. The molecule has 7 heteroatoms. The summed E-state index contributed by atoms with van der Waals surface area (Å²) in [6.07, 6.45) is 3.21. The molecule has 0 aliphatic heterocycles. The van der Waals surface area contributed by atoms with Crippen LogP contribution >= 0.6 is 0 Å². The highest BCUT2D eigenvalue weighted by Gasteiger charge is 2.10. The molecular weight excluding hydrogens is 208 g/mol. The number of anilines is 1. The minimum absolute atomic E-state index is 0.0844. The van der Waals surface area contributed by atoms with Gasteiger partial charge in [0.05, 0.1) is 6.33 Å². The van der Waals surface area contributed by atoms with E-state index < -0.39 is 0 Å². The molecule has 2 aromatic heterocycles. The Morgan fingerprint density at radius 3 is 3.12 bits per heavy atom. The van der Waals surface area contributed by atoms with Crippen molar-refractivity contribution in [3.05, 3.63) is 12.7 Å². The quantitative estimate of drug-likeness (QED) is 0.673. The maximum absolute atomic E-state index is 10.7. The number of aromatic amines is 1. The zero-order valence-electron chi connectivity index (χ0n) is 8.77. The van der Waals surface area contributed by atoms with Crippen LogP contribution in [0.1, 0.15) is 13.3 Å². The number of imidazole rings is 1. The van der Waals surface area contributed by atoms with Crippen molar-refractivity contribution in [3.63, 3.8) is 0 Å². The fourth-order valence-electron chi connectivity index (χ4n) is 1.46. The molecule has 4 N–H and O–H groups in total. The number of primary amides is 1. The highest BCUT2D eigenvalue weighted by Crippen LogP contribution is 2.15. The van der Waals surface area contributed by atoms with E-state index in [1.165, 1.54) is 6.33 Å². The Labute approximate surface area is 91.5 Å². The first-order chi connectivity index (χ1) is 7.66. The first-order valence-corrected chi connectivity index (χ1v) is 4.85. The van der Waals surface area contributed by atoms with Crippen molar-refractivity contribution in [1.29, 1.82) is 0 Å². The van der Waals surface area contributed by atoms with Gasteiger partial charge in [-0.15, -0.1) is 0 Å². The number of rotatable bonds is 4. The van der Waals surface area contributed by atoms with Crippen molar-refractivity contribution in [1.82, 2.24) is 19.9 Å². The zero-order valence-corrected chi connectivity index (χ0v) is 8.77. The standard InChI is InChI=1S/C9H12N6O/c1-5(2-6(10)16)15-9-7-8(12-3-11-7)13-4-14-9/h3-5H,2H2,1H3,(H2,10,16)(H2,11,12,13,14,15). The lowest BCUT2D eigenvalue weighted by molar-refractivity contribution is -0.118. The highest BCUT2D eigenvalue weighted by atomic mass is 16.1. The van der Waals surface area contributed by atoms with Crippen molar-refractivity contribution in [2.24, 2.45) is 5.73 Å². The summed E-state index contributed by atoms with van der Waals surface area (Å²) in [6, 6.07) is -0.0844. The fourth-order valence-corrected chi connectivity index (χ4v) is 1.46. The van der Waals surface area contributed by atoms with Gasteiger partial charge >= 0.3 is 0 Å². The summed E-state index contributed by atoms with van der Waals surface area (Å²) in [5, 5.41) is 3.08. The maximum atomic E-state index is 10.7. The molecule has 0 spiro atoms. The number of nitrogens with zero attached hydrogens (tertiary/aromatic N) is 3. The van der Waals surface area contributed by atoms with Gasteiger partial charge in [-0.05, 0) is 6.92 Å². The van der Waals surface area contributed by atoms with E-state index in [0.717, 1.165) is 5.52 Å². The third kappa shape index (κ3) is 2.08. The van der Waals surface area contributed by atoms with Gasteiger partial charge in [-0.2, -0.15) is 0 Å². The summed E-state index contributed by atoms with van der Waals surface area (Å²) in [5.74, 6) is 0.270. The lowest BCUT2D eigenvalue weighted by Gasteiger charge is -2.12. The van der Waals surface area contributed by atoms with Gasteiger partial charge in [0.1, 0.15) is 11.8 Å². The molecule has 0 aromatic carbocycles. The summed E-state index contributed by atoms with van der Waals surface area (Å²) < 4.78 is 0. The van der Waals surface area contributed by atoms with Crippen molar-refractivity contribution in [2.45, 2.75) is 19.4 Å². The molecule has 1 atom stereocenters. The van der Waals surface area contributed by atoms with Crippen LogP contribution < -0.4 is 11.1 Å². The van der Waals surface area contributed by atoms with Crippen molar-refractivity contribution >= 4 is 22.9 Å². The molecule has 84 valence electrons. The smallest absolute Gasteiger partial charge is 0.219 e. The summed E-state index contributed by atoms with van der Waals surface area (Å²) >= 11 is 0. The average Bonchev–Trinajstić information content (AvgIpc) is 2.65. The summed E-state index contributed by atoms with van der Waals surface area (Å²) in [4.78, 5) is 25.7. The number of hydrogen-bond donors (Lipinski definition) is 3. The van der Waals surface area contributed by atoms with E-state index in [9.17, 15) is 4.79 Å². The molecule has 1 unspecified atom stereocenters. The van der Waals surface area contributed by atoms with Gasteiger partial charge in [0.2, 0.25) is 5.91 Å². The number of carbonyl (C=O) groups excluding carboxylic acids is 1. The van der Waals surface area contributed by atoms with Crippen LogP contribution in [0.4, 0.5) is 5.82 Å². The van der Waals surface area contributed by atoms with Crippen LogP contribution in [0.5, 0.6) is 0 Å². The molecule has 2 heterocycles. The topological polar surface area (TPSA) is 110 Å². The number of carbonyl (C=O) groups is 1. The second kappa shape index (κ2) is 4.13. The van der Waals surface area contributed by atoms with Gasteiger partial charge in [-0.25, -0.2) is 15.0 Å². The first kappa shape index (κ1) is 10.3. The maximum Gasteiger partial charge on any atom is 0.219 e. The number of hydrogen-bond acceptors (Lipinski definition) is 5. The molecular formula is C9H12N6O. The predicted octanol–water partition coefficient (Wildman–Crippen LogP) is 0.0287. The minimum Gasteiger partial charge on any atom is -0.370 e. The Morgan fingerprint density at radius 1 is 1.56 bits per heavy atom.